The largest absolute Gasteiger partial charge is 1.00 e. The summed E-state index contributed by atoms with van der Waals surface area (Å²) in [5.74, 6) is -0.405. The van der Waals surface area contributed by atoms with Crippen molar-refractivity contribution in [1.82, 2.24) is 9.78 Å². The predicted octanol–water partition coefficient (Wildman–Crippen LogP) is 4.54. The summed E-state index contributed by atoms with van der Waals surface area (Å²) in [5.41, 5.74) is 3.64. The summed E-state index contributed by atoms with van der Waals surface area (Å²) in [6.45, 7) is 2.56. The van der Waals surface area contributed by atoms with E-state index in [0.29, 0.717) is 18.8 Å². The summed E-state index contributed by atoms with van der Waals surface area (Å²) in [7, 11) is -4.84. The topological polar surface area (TPSA) is 156 Å². The van der Waals surface area contributed by atoms with Crippen LogP contribution in [0, 0.1) is 11.3 Å². The molecule has 1 amide bonds. The number of nitrogens with zero attached hydrogens (tertiary/aromatic N) is 6. The third-order valence-electron chi connectivity index (χ3n) is 6.70. The van der Waals surface area contributed by atoms with Gasteiger partial charge in [0, 0.05) is 25.7 Å². The molecular weight excluding hydrogens is 688 g/mol. The number of aromatic nitrogens is 2. The van der Waals surface area contributed by atoms with Gasteiger partial charge < -0.3 is 14.8 Å². The van der Waals surface area contributed by atoms with E-state index in [1.165, 1.54) is 13.1 Å². The molecule has 5 aromatic rings. The number of nitriles is 1. The number of carbonyl (C=O) groups excluding carboxylic acids is 1. The van der Waals surface area contributed by atoms with Crippen LogP contribution in [0.15, 0.2) is 112 Å². The number of benzene rings is 4. The number of nitrogens with one attached hydrogen (secondary N) is 1. The van der Waals surface area contributed by atoms with Gasteiger partial charge >= 0.3 is 51.4 Å². The van der Waals surface area contributed by atoms with Gasteiger partial charge in [-0.1, -0.05) is 83.9 Å². The first-order valence-corrected chi connectivity index (χ1v) is 15.8. The monoisotopic (exact) mass is 711 g/mol. The van der Waals surface area contributed by atoms with Crippen molar-refractivity contribution in [1.29, 1.82) is 5.26 Å². The zero-order valence-corrected chi connectivity index (χ0v) is 30.6. The number of rotatable bonds is 10. The summed E-state index contributed by atoms with van der Waals surface area (Å²) >= 11 is 12.6. The van der Waals surface area contributed by atoms with E-state index in [4.69, 9.17) is 23.2 Å². The van der Waals surface area contributed by atoms with E-state index >= 15 is 0 Å². The third kappa shape index (κ3) is 9.14. The molecule has 15 heteroatoms. The van der Waals surface area contributed by atoms with Crippen LogP contribution in [0.25, 0.3) is 5.69 Å². The van der Waals surface area contributed by atoms with Gasteiger partial charge in [0.15, 0.2) is 5.82 Å². The number of amides is 1. The van der Waals surface area contributed by atoms with E-state index in [9.17, 15) is 23.0 Å². The van der Waals surface area contributed by atoms with Crippen molar-refractivity contribution in [3.63, 3.8) is 0 Å². The Morgan fingerprint density at radius 2 is 1.53 bits per heavy atom. The van der Waals surface area contributed by atoms with Gasteiger partial charge in [-0.05, 0) is 41.5 Å². The molecule has 0 atom stereocenters. The molecule has 1 aromatic heterocycles. The second kappa shape index (κ2) is 16.1. The van der Waals surface area contributed by atoms with Gasteiger partial charge in [-0.15, -0.1) is 10.2 Å². The van der Waals surface area contributed by atoms with Gasteiger partial charge in [0.2, 0.25) is 5.91 Å². The quantitative estimate of drug-likeness (QED) is 0.127. The van der Waals surface area contributed by atoms with Gasteiger partial charge in [-0.2, -0.15) is 10.4 Å². The molecule has 0 fully saturated rings. The van der Waals surface area contributed by atoms with Crippen LogP contribution >= 0.6 is 23.2 Å². The molecule has 0 aliphatic rings. The van der Waals surface area contributed by atoms with E-state index in [-0.39, 0.29) is 90.1 Å². The second-order valence-electron chi connectivity index (χ2n) is 10.0. The van der Waals surface area contributed by atoms with Crippen molar-refractivity contribution in [3.8, 4) is 11.8 Å². The molecular formula is C32H24Cl2KN7O4S. The maximum atomic E-state index is 12.2. The van der Waals surface area contributed by atoms with Gasteiger partial charge in [0.25, 0.3) is 0 Å². The van der Waals surface area contributed by atoms with E-state index in [1.54, 1.807) is 12.1 Å². The molecule has 47 heavy (non-hydrogen) atoms. The Morgan fingerprint density at radius 1 is 0.957 bits per heavy atom. The molecule has 0 unspecified atom stereocenters. The molecule has 0 bridgehead atoms. The van der Waals surface area contributed by atoms with Crippen molar-refractivity contribution < 1.29 is 69.1 Å². The Bertz CT molecular complexity index is 2020. The number of hydrogen-bond donors (Lipinski definition) is 1. The summed E-state index contributed by atoms with van der Waals surface area (Å²) in [6, 6.07) is 29.1. The van der Waals surface area contributed by atoms with Crippen LogP contribution < -0.4 is 61.6 Å². The third-order valence-corrected chi connectivity index (χ3v) is 8.09. The predicted molar refractivity (Wildman–Crippen MR) is 174 cm³/mol. The Morgan fingerprint density at radius 3 is 2.04 bits per heavy atom. The van der Waals surface area contributed by atoms with E-state index in [0.717, 1.165) is 33.6 Å². The average Bonchev–Trinajstić information content (AvgIpc) is 3.42. The van der Waals surface area contributed by atoms with E-state index < -0.39 is 15.0 Å². The van der Waals surface area contributed by atoms with Crippen molar-refractivity contribution in [2.75, 3.05) is 10.2 Å². The Labute approximate surface area is 324 Å². The van der Waals surface area contributed by atoms with Crippen LogP contribution in [0.5, 0.6) is 0 Å². The number of carbonyl (C=O) groups is 1. The molecule has 0 saturated carbocycles. The number of hydrogen-bond acceptors (Lipinski definition) is 9. The van der Waals surface area contributed by atoms with E-state index in [2.05, 4.69) is 25.5 Å². The molecule has 5 rings (SSSR count). The molecule has 232 valence electrons. The van der Waals surface area contributed by atoms with Gasteiger partial charge in [0.05, 0.1) is 26.8 Å². The molecule has 0 saturated heterocycles. The fourth-order valence-corrected chi connectivity index (χ4v) is 5.92. The van der Waals surface area contributed by atoms with Crippen molar-refractivity contribution in [2.45, 2.75) is 24.9 Å². The molecule has 0 spiro atoms. The number of azo groups is 1. The van der Waals surface area contributed by atoms with Crippen LogP contribution in [0.3, 0.4) is 0 Å². The Balaban J connectivity index is 0.00000500. The fourth-order valence-electron chi connectivity index (χ4n) is 4.61. The minimum atomic E-state index is -4.84. The van der Waals surface area contributed by atoms with Gasteiger partial charge in [-0.25, -0.2) is 13.1 Å². The first-order chi connectivity index (χ1) is 22.0. The summed E-state index contributed by atoms with van der Waals surface area (Å²) in [4.78, 5) is 13.8. The van der Waals surface area contributed by atoms with Crippen molar-refractivity contribution in [3.05, 3.63) is 124 Å². The Kier molecular flexibility index (Phi) is 12.5. The summed E-state index contributed by atoms with van der Waals surface area (Å²) in [6.07, 6.45) is 1.21. The molecule has 4 aromatic carbocycles. The maximum Gasteiger partial charge on any atom is 1.00 e. The van der Waals surface area contributed by atoms with E-state index in [1.807, 2.05) is 72.8 Å². The molecule has 0 radical (unpaired) electrons. The molecule has 0 aliphatic carbocycles. The molecule has 1 heterocycles. The summed E-state index contributed by atoms with van der Waals surface area (Å²) in [5, 5.41) is 24.8. The zero-order valence-electron chi connectivity index (χ0n) is 25.1. The minimum Gasteiger partial charge on any atom is -0.744 e. The van der Waals surface area contributed by atoms with Crippen LogP contribution in [0.4, 0.5) is 22.9 Å². The smallest absolute Gasteiger partial charge is 0.744 e. The summed E-state index contributed by atoms with van der Waals surface area (Å²) < 4.78 is 35.7. The first-order valence-electron chi connectivity index (χ1n) is 13.6. The average molecular weight is 713 g/mol. The van der Waals surface area contributed by atoms with Crippen molar-refractivity contribution >= 4 is 62.1 Å². The zero-order chi connectivity index (χ0) is 32.8. The van der Waals surface area contributed by atoms with Crippen LogP contribution in [-0.4, -0.2) is 28.7 Å². The molecule has 11 nitrogen and oxygen atoms in total. The number of anilines is 2. The van der Waals surface area contributed by atoms with Crippen LogP contribution in [-0.2, 0) is 28.0 Å². The SMILES string of the molecule is CC(=O)Nc1cc(N(Cc2ccccc2)Cc2ccccc2)ccc1N=Nc1c(C#N)cnn1-c1c(Cl)cc(S(=O)(=O)[O-])cc1Cl.[K+]. The van der Waals surface area contributed by atoms with Crippen LogP contribution in [0.1, 0.15) is 23.6 Å². The van der Waals surface area contributed by atoms with Crippen molar-refractivity contribution in [2.24, 2.45) is 10.2 Å². The minimum absolute atomic E-state index is 0. The second-order valence-corrected chi connectivity index (χ2v) is 12.2. The maximum absolute atomic E-state index is 12.2. The first kappa shape index (κ1) is 36.4. The number of halogens is 2. The molecule has 0 aliphatic heterocycles. The van der Waals surface area contributed by atoms with Gasteiger partial charge in [0.1, 0.15) is 33.1 Å². The van der Waals surface area contributed by atoms with Crippen LogP contribution in [0.2, 0.25) is 10.0 Å². The normalized spacial score (nSPS) is 11.1. The Hall–Kier alpha value is -3.42. The molecule has 1 N–H and O–H groups in total. The fraction of sp³-hybridized carbons (Fsp3) is 0.0938. The standard InChI is InChI=1S/C32H25Cl2N7O4S.K/c1-21(42)37-30-14-25(40(19-22-8-4-2-5-9-22)20-23-10-6-3-7-11-23)12-13-29(30)38-39-32-24(17-35)18-36-41(32)31-27(33)15-26(16-28(31)34)46(43,44)45;/h2-16,18H,19-20H2,1H3,(H,37,42)(H,43,44,45);/q;+1/p-1. The van der Waals surface area contributed by atoms with Gasteiger partial charge in [-0.3, -0.25) is 4.79 Å².